The van der Waals surface area contributed by atoms with Gasteiger partial charge in [0.25, 0.3) is 0 Å². The molecule has 1 heterocycles. The minimum Gasteiger partial charge on any atom is -0.368 e. The van der Waals surface area contributed by atoms with Crippen molar-refractivity contribution in [3.05, 3.63) is 24.3 Å². The van der Waals surface area contributed by atoms with E-state index >= 15 is 0 Å². The third kappa shape index (κ3) is 3.29. The van der Waals surface area contributed by atoms with Gasteiger partial charge in [0.05, 0.1) is 5.52 Å². The van der Waals surface area contributed by atoms with E-state index in [0.717, 1.165) is 10.9 Å². The molecular formula is C12H16N6O. The van der Waals surface area contributed by atoms with E-state index in [0.29, 0.717) is 24.9 Å². The number of para-hydroxylation sites is 1. The molecule has 2 rings (SSSR count). The Kier molecular flexibility index (Phi) is 4.09. The lowest BCUT2D eigenvalue weighted by Crippen LogP contribution is -2.26. The molecule has 0 aliphatic heterocycles. The Morgan fingerprint density at radius 1 is 1.26 bits per heavy atom. The van der Waals surface area contributed by atoms with Crippen molar-refractivity contribution in [1.82, 2.24) is 15.3 Å². The van der Waals surface area contributed by atoms with Gasteiger partial charge in [0.2, 0.25) is 11.9 Å². The molecule has 19 heavy (non-hydrogen) atoms. The molecule has 7 nitrogen and oxygen atoms in total. The van der Waals surface area contributed by atoms with Gasteiger partial charge in [-0.2, -0.15) is 4.98 Å². The Labute approximate surface area is 110 Å². The van der Waals surface area contributed by atoms with Gasteiger partial charge in [-0.1, -0.05) is 12.1 Å². The Bertz CT molecular complexity index is 585. The summed E-state index contributed by atoms with van der Waals surface area (Å²) in [5, 5.41) is 6.77. The van der Waals surface area contributed by atoms with E-state index < -0.39 is 0 Å². The second-order valence-electron chi connectivity index (χ2n) is 3.97. The van der Waals surface area contributed by atoms with E-state index in [9.17, 15) is 4.79 Å². The largest absolute Gasteiger partial charge is 0.368 e. The summed E-state index contributed by atoms with van der Waals surface area (Å²) < 4.78 is 0. The highest BCUT2D eigenvalue weighted by Crippen LogP contribution is 2.20. The number of nitrogens with one attached hydrogen (secondary N) is 3. The first kappa shape index (κ1) is 13.0. The van der Waals surface area contributed by atoms with Crippen LogP contribution in [0.1, 0.15) is 6.92 Å². The van der Waals surface area contributed by atoms with Gasteiger partial charge in [-0.25, -0.2) is 10.8 Å². The minimum absolute atomic E-state index is 0.0568. The molecule has 7 heteroatoms. The molecule has 0 aliphatic rings. The molecule has 1 aromatic carbocycles. The maximum atomic E-state index is 10.8. The average molecular weight is 260 g/mol. The highest BCUT2D eigenvalue weighted by molar-refractivity contribution is 5.90. The number of amides is 1. The van der Waals surface area contributed by atoms with Gasteiger partial charge in [0.1, 0.15) is 5.82 Å². The zero-order chi connectivity index (χ0) is 13.7. The van der Waals surface area contributed by atoms with E-state index in [2.05, 4.69) is 26.0 Å². The van der Waals surface area contributed by atoms with Gasteiger partial charge in [-0.15, -0.1) is 0 Å². The van der Waals surface area contributed by atoms with Crippen LogP contribution in [-0.2, 0) is 4.79 Å². The van der Waals surface area contributed by atoms with Gasteiger partial charge >= 0.3 is 0 Å². The molecule has 0 bridgehead atoms. The zero-order valence-electron chi connectivity index (χ0n) is 10.6. The highest BCUT2D eigenvalue weighted by Gasteiger charge is 2.05. The number of hydrogen-bond acceptors (Lipinski definition) is 6. The first-order valence-electron chi connectivity index (χ1n) is 5.92. The van der Waals surface area contributed by atoms with Crippen LogP contribution in [0.25, 0.3) is 10.9 Å². The second-order valence-corrected chi connectivity index (χ2v) is 3.97. The van der Waals surface area contributed by atoms with Gasteiger partial charge < -0.3 is 10.6 Å². The van der Waals surface area contributed by atoms with Crippen molar-refractivity contribution in [3.63, 3.8) is 0 Å². The number of anilines is 2. The molecule has 0 unspecified atom stereocenters. The fraction of sp³-hybridized carbons (Fsp3) is 0.250. The Hall–Kier alpha value is -2.41. The molecule has 0 aliphatic carbocycles. The summed E-state index contributed by atoms with van der Waals surface area (Å²) in [7, 11) is 0. The van der Waals surface area contributed by atoms with Crippen molar-refractivity contribution >= 4 is 28.6 Å². The van der Waals surface area contributed by atoms with Crippen LogP contribution in [-0.4, -0.2) is 29.0 Å². The molecule has 0 spiro atoms. The van der Waals surface area contributed by atoms with Crippen LogP contribution in [0.4, 0.5) is 11.8 Å². The SMILES string of the molecule is CC(=O)NCCNc1nc(NN)nc2ccccc12. The Morgan fingerprint density at radius 3 is 2.79 bits per heavy atom. The molecular weight excluding hydrogens is 244 g/mol. The van der Waals surface area contributed by atoms with E-state index in [-0.39, 0.29) is 5.91 Å². The van der Waals surface area contributed by atoms with Crippen molar-refractivity contribution in [1.29, 1.82) is 0 Å². The smallest absolute Gasteiger partial charge is 0.239 e. The number of carbonyl (C=O) groups excluding carboxylic acids is 1. The molecule has 2 aromatic rings. The number of fused-ring (bicyclic) bond motifs is 1. The molecule has 0 saturated carbocycles. The molecule has 0 saturated heterocycles. The molecule has 1 aromatic heterocycles. The van der Waals surface area contributed by atoms with E-state index in [1.165, 1.54) is 6.92 Å². The number of carbonyl (C=O) groups is 1. The van der Waals surface area contributed by atoms with Crippen molar-refractivity contribution in [2.75, 3.05) is 23.8 Å². The average Bonchev–Trinajstić information content (AvgIpc) is 2.42. The predicted molar refractivity (Wildman–Crippen MR) is 74.5 cm³/mol. The van der Waals surface area contributed by atoms with Crippen molar-refractivity contribution < 1.29 is 4.79 Å². The van der Waals surface area contributed by atoms with Gasteiger partial charge in [0, 0.05) is 25.4 Å². The van der Waals surface area contributed by atoms with Crippen LogP contribution in [0.2, 0.25) is 0 Å². The number of rotatable bonds is 5. The molecule has 0 fully saturated rings. The van der Waals surface area contributed by atoms with Gasteiger partial charge in [-0.3, -0.25) is 10.2 Å². The zero-order valence-corrected chi connectivity index (χ0v) is 10.6. The van der Waals surface area contributed by atoms with Crippen LogP contribution in [0.15, 0.2) is 24.3 Å². The van der Waals surface area contributed by atoms with Crippen LogP contribution >= 0.6 is 0 Å². The highest BCUT2D eigenvalue weighted by atomic mass is 16.1. The van der Waals surface area contributed by atoms with E-state index in [1.807, 2.05) is 24.3 Å². The maximum Gasteiger partial charge on any atom is 0.239 e. The predicted octanol–water partition coefficient (Wildman–Crippen LogP) is 0.463. The number of nitrogens with two attached hydrogens (primary N) is 1. The number of benzene rings is 1. The Morgan fingerprint density at radius 2 is 2.05 bits per heavy atom. The fourth-order valence-electron chi connectivity index (χ4n) is 1.70. The lowest BCUT2D eigenvalue weighted by molar-refractivity contribution is -0.118. The maximum absolute atomic E-state index is 10.8. The lowest BCUT2D eigenvalue weighted by Gasteiger charge is -2.10. The standard InChI is InChI=1S/C12H16N6O/c1-8(19)14-6-7-15-11-9-4-2-3-5-10(9)16-12(17-11)18-13/h2-5H,6-7,13H2,1H3,(H,14,19)(H2,15,16,17,18). The van der Waals surface area contributed by atoms with Gasteiger partial charge in [0.15, 0.2) is 0 Å². The first-order valence-corrected chi connectivity index (χ1v) is 5.92. The summed E-state index contributed by atoms with van der Waals surface area (Å²) in [5.74, 6) is 6.32. The summed E-state index contributed by atoms with van der Waals surface area (Å²) in [4.78, 5) is 19.3. The third-order valence-electron chi connectivity index (χ3n) is 2.52. The van der Waals surface area contributed by atoms with Crippen molar-refractivity contribution in [2.24, 2.45) is 5.84 Å². The summed E-state index contributed by atoms with van der Waals surface area (Å²) in [6.45, 7) is 2.58. The Balaban J connectivity index is 2.18. The lowest BCUT2D eigenvalue weighted by atomic mass is 10.2. The second kappa shape index (κ2) is 5.96. The number of hydrogen-bond donors (Lipinski definition) is 4. The quantitative estimate of drug-likeness (QED) is 0.354. The van der Waals surface area contributed by atoms with Crippen LogP contribution in [0.5, 0.6) is 0 Å². The molecule has 0 atom stereocenters. The topological polar surface area (TPSA) is 105 Å². The summed E-state index contributed by atoms with van der Waals surface area (Å²) in [5.41, 5.74) is 3.23. The molecule has 0 radical (unpaired) electrons. The number of aromatic nitrogens is 2. The number of hydrazine groups is 1. The van der Waals surface area contributed by atoms with Crippen molar-refractivity contribution in [3.8, 4) is 0 Å². The van der Waals surface area contributed by atoms with Crippen LogP contribution < -0.4 is 21.9 Å². The van der Waals surface area contributed by atoms with E-state index in [1.54, 1.807) is 0 Å². The first-order chi connectivity index (χ1) is 9.20. The van der Waals surface area contributed by atoms with Crippen molar-refractivity contribution in [2.45, 2.75) is 6.92 Å². The molecule has 5 N–H and O–H groups in total. The normalized spacial score (nSPS) is 10.2. The minimum atomic E-state index is -0.0568. The summed E-state index contributed by atoms with van der Waals surface area (Å²) in [6, 6.07) is 7.63. The monoisotopic (exact) mass is 260 g/mol. The number of nitrogen functional groups attached to an aromatic ring is 1. The van der Waals surface area contributed by atoms with E-state index in [4.69, 9.17) is 5.84 Å². The summed E-state index contributed by atoms with van der Waals surface area (Å²) in [6.07, 6.45) is 0. The number of nitrogens with zero attached hydrogens (tertiary/aromatic N) is 2. The molecule has 1 amide bonds. The van der Waals surface area contributed by atoms with Gasteiger partial charge in [-0.05, 0) is 12.1 Å². The summed E-state index contributed by atoms with van der Waals surface area (Å²) >= 11 is 0. The van der Waals surface area contributed by atoms with Crippen LogP contribution in [0.3, 0.4) is 0 Å². The van der Waals surface area contributed by atoms with Crippen LogP contribution in [0, 0.1) is 0 Å². The molecule has 100 valence electrons. The fourth-order valence-corrected chi connectivity index (χ4v) is 1.70. The third-order valence-corrected chi connectivity index (χ3v) is 2.52.